The Morgan fingerprint density at radius 2 is 2.00 bits per heavy atom. The summed E-state index contributed by atoms with van der Waals surface area (Å²) in [5.41, 5.74) is 1.11. The van der Waals surface area contributed by atoms with Crippen LogP contribution in [0.3, 0.4) is 0 Å². The van der Waals surface area contributed by atoms with Crippen molar-refractivity contribution in [3.8, 4) is 0 Å². The van der Waals surface area contributed by atoms with Crippen molar-refractivity contribution in [3.05, 3.63) is 36.2 Å². The molecule has 0 saturated heterocycles. The number of aromatic nitrogens is 2. The van der Waals surface area contributed by atoms with Gasteiger partial charge in [0.15, 0.2) is 0 Å². The van der Waals surface area contributed by atoms with Gasteiger partial charge in [-0.25, -0.2) is 0 Å². The molecule has 1 heterocycles. The van der Waals surface area contributed by atoms with Crippen molar-refractivity contribution >= 4 is 10.8 Å². The van der Waals surface area contributed by atoms with E-state index in [1.54, 1.807) is 0 Å². The molecule has 0 saturated carbocycles. The molecule has 1 N–H and O–H groups in total. The minimum Gasteiger partial charge on any atom is -0.314 e. The average molecular weight is 257 g/mol. The second-order valence-corrected chi connectivity index (χ2v) is 5.02. The smallest absolute Gasteiger partial charge is 0.0724 e. The third-order valence-corrected chi connectivity index (χ3v) is 3.41. The zero-order chi connectivity index (χ0) is 13.5. The monoisotopic (exact) mass is 257 g/mol. The Bertz CT molecular complexity index is 505. The molecule has 102 valence electrons. The van der Waals surface area contributed by atoms with E-state index >= 15 is 0 Å². The number of hydrogen-bond acceptors (Lipinski definition) is 3. The number of nitrogens with one attached hydrogen (secondary N) is 1. The Kier molecular flexibility index (Phi) is 5.28. The highest BCUT2D eigenvalue weighted by atomic mass is 15.1. The molecule has 0 aliphatic rings. The Morgan fingerprint density at radius 3 is 2.79 bits per heavy atom. The summed E-state index contributed by atoms with van der Waals surface area (Å²) in [6, 6.07) is 8.86. The molecule has 0 radical (unpaired) electrons. The molecular formula is C16H23N3. The largest absolute Gasteiger partial charge is 0.314 e. The van der Waals surface area contributed by atoms with Crippen molar-refractivity contribution in [2.24, 2.45) is 0 Å². The summed E-state index contributed by atoms with van der Waals surface area (Å²) in [7, 11) is 0. The van der Waals surface area contributed by atoms with Crippen molar-refractivity contribution in [2.45, 2.75) is 45.6 Å². The van der Waals surface area contributed by atoms with E-state index in [2.05, 4.69) is 47.6 Å². The van der Waals surface area contributed by atoms with Crippen LogP contribution in [0.4, 0.5) is 0 Å². The average Bonchev–Trinajstić information content (AvgIpc) is 2.45. The summed E-state index contributed by atoms with van der Waals surface area (Å²) < 4.78 is 0. The normalized spacial score (nSPS) is 12.7. The summed E-state index contributed by atoms with van der Waals surface area (Å²) in [5, 5.41) is 14.5. The fourth-order valence-corrected chi connectivity index (χ4v) is 2.44. The maximum Gasteiger partial charge on any atom is 0.0724 e. The van der Waals surface area contributed by atoms with Gasteiger partial charge in [-0.1, -0.05) is 44.5 Å². The first-order valence-electron chi connectivity index (χ1n) is 7.27. The standard InChI is InChI=1S/C16H23N3/c1-3-7-14(17-10-4-2)11-16-15-9-6-5-8-13(15)12-18-19-16/h5-6,8-9,12,14,17H,3-4,7,10-11H2,1-2H3. The summed E-state index contributed by atoms with van der Waals surface area (Å²) in [5.74, 6) is 0. The van der Waals surface area contributed by atoms with E-state index in [-0.39, 0.29) is 0 Å². The maximum atomic E-state index is 4.35. The number of nitrogens with zero attached hydrogens (tertiary/aromatic N) is 2. The second-order valence-electron chi connectivity index (χ2n) is 5.02. The molecule has 0 aliphatic carbocycles. The van der Waals surface area contributed by atoms with Gasteiger partial charge < -0.3 is 5.32 Å². The van der Waals surface area contributed by atoms with Crippen LogP contribution in [0.2, 0.25) is 0 Å². The zero-order valence-electron chi connectivity index (χ0n) is 11.9. The lowest BCUT2D eigenvalue weighted by Crippen LogP contribution is -2.32. The molecule has 3 heteroatoms. The van der Waals surface area contributed by atoms with Gasteiger partial charge >= 0.3 is 0 Å². The minimum atomic E-state index is 0.505. The van der Waals surface area contributed by atoms with Crippen LogP contribution in [0.15, 0.2) is 30.5 Å². The Labute approximate surface area is 115 Å². The molecule has 0 aliphatic heterocycles. The Morgan fingerprint density at radius 1 is 1.16 bits per heavy atom. The predicted molar refractivity (Wildman–Crippen MR) is 80.2 cm³/mol. The molecule has 0 bridgehead atoms. The third kappa shape index (κ3) is 3.74. The molecule has 19 heavy (non-hydrogen) atoms. The van der Waals surface area contributed by atoms with Crippen LogP contribution >= 0.6 is 0 Å². The molecule has 1 aromatic heterocycles. The van der Waals surface area contributed by atoms with E-state index in [0.29, 0.717) is 6.04 Å². The van der Waals surface area contributed by atoms with Gasteiger partial charge in [-0.2, -0.15) is 10.2 Å². The van der Waals surface area contributed by atoms with Crippen LogP contribution in [-0.4, -0.2) is 22.8 Å². The van der Waals surface area contributed by atoms with Crippen LogP contribution in [0.25, 0.3) is 10.8 Å². The van der Waals surface area contributed by atoms with Crippen LogP contribution < -0.4 is 5.32 Å². The topological polar surface area (TPSA) is 37.8 Å². The highest BCUT2D eigenvalue weighted by Gasteiger charge is 2.11. The molecule has 1 aromatic carbocycles. The van der Waals surface area contributed by atoms with Crippen molar-refractivity contribution in [2.75, 3.05) is 6.54 Å². The van der Waals surface area contributed by atoms with Gasteiger partial charge in [0.05, 0.1) is 11.9 Å². The van der Waals surface area contributed by atoms with Gasteiger partial charge in [-0.05, 0) is 19.4 Å². The summed E-state index contributed by atoms with van der Waals surface area (Å²) in [6.07, 6.45) is 6.35. The van der Waals surface area contributed by atoms with Crippen LogP contribution in [0.1, 0.15) is 38.8 Å². The highest BCUT2D eigenvalue weighted by Crippen LogP contribution is 2.17. The Hall–Kier alpha value is -1.48. The van der Waals surface area contributed by atoms with Gasteiger partial charge in [0, 0.05) is 23.2 Å². The molecule has 1 unspecified atom stereocenters. The van der Waals surface area contributed by atoms with E-state index in [1.807, 2.05) is 12.3 Å². The molecule has 0 amide bonds. The van der Waals surface area contributed by atoms with Crippen molar-refractivity contribution in [1.82, 2.24) is 15.5 Å². The fourth-order valence-electron chi connectivity index (χ4n) is 2.44. The predicted octanol–water partition coefficient (Wildman–Crippen LogP) is 3.34. The number of benzene rings is 1. The van der Waals surface area contributed by atoms with E-state index < -0.39 is 0 Å². The summed E-state index contributed by atoms with van der Waals surface area (Å²) in [4.78, 5) is 0. The quantitative estimate of drug-likeness (QED) is 0.826. The molecule has 0 spiro atoms. The first-order chi connectivity index (χ1) is 9.35. The number of hydrogen-bond donors (Lipinski definition) is 1. The molecular weight excluding hydrogens is 234 g/mol. The van der Waals surface area contributed by atoms with Crippen LogP contribution in [-0.2, 0) is 6.42 Å². The fraction of sp³-hybridized carbons (Fsp3) is 0.500. The van der Waals surface area contributed by atoms with Gasteiger partial charge in [-0.15, -0.1) is 0 Å². The third-order valence-electron chi connectivity index (χ3n) is 3.41. The van der Waals surface area contributed by atoms with E-state index in [9.17, 15) is 0 Å². The van der Waals surface area contributed by atoms with E-state index in [1.165, 1.54) is 30.0 Å². The lowest BCUT2D eigenvalue weighted by Gasteiger charge is -2.17. The van der Waals surface area contributed by atoms with Crippen LogP contribution in [0, 0.1) is 0 Å². The van der Waals surface area contributed by atoms with Crippen molar-refractivity contribution in [1.29, 1.82) is 0 Å². The second kappa shape index (κ2) is 7.19. The van der Waals surface area contributed by atoms with Gasteiger partial charge in [0.25, 0.3) is 0 Å². The van der Waals surface area contributed by atoms with Gasteiger partial charge in [0.2, 0.25) is 0 Å². The SMILES string of the molecule is CCCNC(CCC)Cc1nncc2ccccc12. The minimum absolute atomic E-state index is 0.505. The zero-order valence-corrected chi connectivity index (χ0v) is 11.9. The summed E-state index contributed by atoms with van der Waals surface area (Å²) in [6.45, 7) is 5.51. The Balaban J connectivity index is 2.18. The molecule has 3 nitrogen and oxygen atoms in total. The van der Waals surface area contributed by atoms with Crippen LogP contribution in [0.5, 0.6) is 0 Å². The maximum absolute atomic E-state index is 4.35. The number of rotatable bonds is 7. The molecule has 2 rings (SSSR count). The highest BCUT2D eigenvalue weighted by molar-refractivity contribution is 5.83. The molecule has 2 aromatic rings. The first-order valence-corrected chi connectivity index (χ1v) is 7.27. The number of fused-ring (bicyclic) bond motifs is 1. The van der Waals surface area contributed by atoms with Gasteiger partial charge in [0.1, 0.15) is 0 Å². The lowest BCUT2D eigenvalue weighted by atomic mass is 10.0. The van der Waals surface area contributed by atoms with Crippen molar-refractivity contribution in [3.63, 3.8) is 0 Å². The molecule has 1 atom stereocenters. The first kappa shape index (κ1) is 13.9. The lowest BCUT2D eigenvalue weighted by molar-refractivity contribution is 0.469. The molecule has 0 fully saturated rings. The van der Waals surface area contributed by atoms with Gasteiger partial charge in [-0.3, -0.25) is 0 Å². The van der Waals surface area contributed by atoms with Crippen molar-refractivity contribution < 1.29 is 0 Å². The van der Waals surface area contributed by atoms with E-state index in [0.717, 1.165) is 18.7 Å². The van der Waals surface area contributed by atoms with E-state index in [4.69, 9.17) is 0 Å². The summed E-state index contributed by atoms with van der Waals surface area (Å²) >= 11 is 0.